The Morgan fingerprint density at radius 3 is 2.56 bits per heavy atom. The molecule has 2 saturated heterocycles. The Labute approximate surface area is 149 Å². The van der Waals surface area contributed by atoms with E-state index in [0.29, 0.717) is 23.2 Å². The molecule has 1 aromatic heterocycles. The van der Waals surface area contributed by atoms with E-state index in [4.69, 9.17) is 4.74 Å². The van der Waals surface area contributed by atoms with Crippen molar-refractivity contribution in [1.82, 2.24) is 9.88 Å². The number of likely N-dealkylation sites (tertiary alicyclic amines) is 1. The van der Waals surface area contributed by atoms with Gasteiger partial charge in [0.05, 0.1) is 0 Å². The number of aromatic nitrogens is 1. The number of ether oxygens (including phenoxy) is 1. The van der Waals surface area contributed by atoms with Crippen LogP contribution < -0.4 is 4.90 Å². The molecule has 3 rings (SSSR count). The predicted molar refractivity (Wildman–Crippen MR) is 95.5 cm³/mol. The first kappa shape index (κ1) is 17.7. The Bertz CT molecular complexity index is 618. The van der Waals surface area contributed by atoms with Gasteiger partial charge in [0.1, 0.15) is 11.4 Å². The molecule has 6 nitrogen and oxygen atoms in total. The van der Waals surface area contributed by atoms with Gasteiger partial charge in [-0.3, -0.25) is 4.79 Å². The van der Waals surface area contributed by atoms with Crippen molar-refractivity contribution < 1.29 is 14.3 Å². The molecular formula is C19H27N3O3. The molecule has 136 valence electrons. The maximum atomic E-state index is 12.5. The summed E-state index contributed by atoms with van der Waals surface area (Å²) >= 11 is 0. The lowest BCUT2D eigenvalue weighted by atomic mass is 9.92. The first-order valence-electron chi connectivity index (χ1n) is 9.19. The van der Waals surface area contributed by atoms with Crippen molar-refractivity contribution >= 4 is 17.7 Å². The Kier molecular flexibility index (Phi) is 5.56. The van der Waals surface area contributed by atoms with Gasteiger partial charge in [-0.05, 0) is 43.2 Å². The molecule has 0 aromatic carbocycles. The summed E-state index contributed by atoms with van der Waals surface area (Å²) in [6, 6.07) is 3.45. The third kappa shape index (κ3) is 4.30. The third-order valence-corrected chi connectivity index (χ3v) is 4.96. The second kappa shape index (κ2) is 7.85. The summed E-state index contributed by atoms with van der Waals surface area (Å²) in [5, 5.41) is 0. The number of amides is 1. The molecule has 0 aliphatic carbocycles. The zero-order valence-electron chi connectivity index (χ0n) is 15.1. The molecular weight excluding hydrogens is 318 g/mol. The summed E-state index contributed by atoms with van der Waals surface area (Å²) < 4.78 is 5.32. The molecule has 0 bridgehead atoms. The average Bonchev–Trinajstić information content (AvgIpc) is 3.13. The summed E-state index contributed by atoms with van der Waals surface area (Å²) in [6.45, 7) is 7.39. The highest BCUT2D eigenvalue weighted by molar-refractivity contribution is 5.96. The SMILES string of the molecule is CC1CC(C)CN(C(=O)COC(=O)c2cccnc2N2CCCC2)C1. The number of nitrogens with zero attached hydrogens (tertiary/aromatic N) is 3. The number of rotatable bonds is 4. The maximum Gasteiger partial charge on any atom is 0.342 e. The summed E-state index contributed by atoms with van der Waals surface area (Å²) in [7, 11) is 0. The van der Waals surface area contributed by atoms with E-state index in [2.05, 4.69) is 23.7 Å². The number of esters is 1. The topological polar surface area (TPSA) is 62.7 Å². The van der Waals surface area contributed by atoms with Gasteiger partial charge in [-0.25, -0.2) is 9.78 Å². The van der Waals surface area contributed by atoms with E-state index < -0.39 is 5.97 Å². The molecule has 2 atom stereocenters. The lowest BCUT2D eigenvalue weighted by molar-refractivity contribution is -0.137. The minimum absolute atomic E-state index is 0.113. The molecule has 2 unspecified atom stereocenters. The number of pyridine rings is 1. The van der Waals surface area contributed by atoms with Gasteiger partial charge in [0, 0.05) is 32.4 Å². The van der Waals surface area contributed by atoms with E-state index in [1.807, 2.05) is 4.90 Å². The maximum absolute atomic E-state index is 12.5. The summed E-state index contributed by atoms with van der Waals surface area (Å²) in [5.41, 5.74) is 0.442. The molecule has 0 spiro atoms. The van der Waals surface area contributed by atoms with Crippen molar-refractivity contribution in [2.45, 2.75) is 33.1 Å². The first-order valence-corrected chi connectivity index (χ1v) is 9.19. The van der Waals surface area contributed by atoms with Crippen LogP contribution in [0.4, 0.5) is 5.82 Å². The van der Waals surface area contributed by atoms with Gasteiger partial charge >= 0.3 is 5.97 Å². The minimum Gasteiger partial charge on any atom is -0.452 e. The number of hydrogen-bond acceptors (Lipinski definition) is 5. The highest BCUT2D eigenvalue weighted by Crippen LogP contribution is 2.23. The standard InChI is InChI=1S/C19H27N3O3/c1-14-10-15(2)12-22(11-14)17(23)13-25-19(24)16-6-5-7-20-18(16)21-8-3-4-9-21/h5-7,14-15H,3-4,8-13H2,1-2H3. The molecule has 1 amide bonds. The minimum atomic E-state index is -0.471. The van der Waals surface area contributed by atoms with Crippen LogP contribution in [-0.2, 0) is 9.53 Å². The quantitative estimate of drug-likeness (QED) is 0.784. The Morgan fingerprint density at radius 1 is 1.20 bits per heavy atom. The average molecular weight is 345 g/mol. The lowest BCUT2D eigenvalue weighted by Crippen LogP contribution is -2.44. The van der Waals surface area contributed by atoms with Crippen LogP contribution in [0.3, 0.4) is 0 Å². The Balaban J connectivity index is 1.60. The second-order valence-corrected chi connectivity index (χ2v) is 7.39. The number of carbonyl (C=O) groups is 2. The van der Waals surface area contributed by atoms with Crippen LogP contribution in [0.25, 0.3) is 0 Å². The van der Waals surface area contributed by atoms with Crippen molar-refractivity contribution in [2.24, 2.45) is 11.8 Å². The van der Waals surface area contributed by atoms with Crippen LogP contribution in [0.15, 0.2) is 18.3 Å². The summed E-state index contributed by atoms with van der Waals surface area (Å²) in [5.74, 6) is 1.06. The van der Waals surface area contributed by atoms with Crippen molar-refractivity contribution in [2.75, 3.05) is 37.7 Å². The van der Waals surface area contributed by atoms with Gasteiger partial charge in [-0.15, -0.1) is 0 Å². The second-order valence-electron chi connectivity index (χ2n) is 7.39. The molecule has 3 heterocycles. The fraction of sp³-hybridized carbons (Fsp3) is 0.632. The molecule has 0 N–H and O–H groups in total. The third-order valence-electron chi connectivity index (χ3n) is 4.96. The molecule has 2 fully saturated rings. The van der Waals surface area contributed by atoms with Crippen molar-refractivity contribution in [3.8, 4) is 0 Å². The van der Waals surface area contributed by atoms with E-state index in [0.717, 1.165) is 45.4 Å². The zero-order chi connectivity index (χ0) is 17.8. The van der Waals surface area contributed by atoms with Crippen LogP contribution in [0.1, 0.15) is 43.5 Å². The van der Waals surface area contributed by atoms with Gasteiger partial charge in [0.2, 0.25) is 0 Å². The van der Waals surface area contributed by atoms with Gasteiger partial charge in [-0.2, -0.15) is 0 Å². The highest BCUT2D eigenvalue weighted by Gasteiger charge is 2.27. The van der Waals surface area contributed by atoms with Crippen molar-refractivity contribution in [3.63, 3.8) is 0 Å². The normalized spacial score (nSPS) is 23.6. The molecule has 0 saturated carbocycles. The smallest absolute Gasteiger partial charge is 0.342 e. The number of carbonyl (C=O) groups excluding carboxylic acids is 2. The van der Waals surface area contributed by atoms with Crippen LogP contribution in [-0.4, -0.2) is 54.5 Å². The molecule has 2 aliphatic rings. The predicted octanol–water partition coefficient (Wildman–Crippen LogP) is 2.34. The molecule has 6 heteroatoms. The van der Waals surface area contributed by atoms with Crippen LogP contribution in [0.5, 0.6) is 0 Å². The van der Waals surface area contributed by atoms with Crippen LogP contribution in [0.2, 0.25) is 0 Å². The van der Waals surface area contributed by atoms with Crippen LogP contribution in [0, 0.1) is 11.8 Å². The highest BCUT2D eigenvalue weighted by atomic mass is 16.5. The largest absolute Gasteiger partial charge is 0.452 e. The van der Waals surface area contributed by atoms with Crippen molar-refractivity contribution in [1.29, 1.82) is 0 Å². The fourth-order valence-electron chi connectivity index (χ4n) is 3.90. The van der Waals surface area contributed by atoms with Crippen LogP contribution >= 0.6 is 0 Å². The zero-order valence-corrected chi connectivity index (χ0v) is 15.1. The molecule has 2 aliphatic heterocycles. The lowest BCUT2D eigenvalue weighted by Gasteiger charge is -2.34. The van der Waals surface area contributed by atoms with Gasteiger partial charge in [0.25, 0.3) is 5.91 Å². The number of piperidine rings is 1. The van der Waals surface area contributed by atoms with Crippen molar-refractivity contribution in [3.05, 3.63) is 23.9 Å². The van der Waals surface area contributed by atoms with E-state index >= 15 is 0 Å². The van der Waals surface area contributed by atoms with Gasteiger partial charge in [0.15, 0.2) is 6.61 Å². The fourth-order valence-corrected chi connectivity index (χ4v) is 3.90. The number of hydrogen-bond donors (Lipinski definition) is 0. The van der Waals surface area contributed by atoms with Gasteiger partial charge in [-0.1, -0.05) is 13.8 Å². The van der Waals surface area contributed by atoms with Gasteiger partial charge < -0.3 is 14.5 Å². The van der Waals surface area contributed by atoms with E-state index in [9.17, 15) is 9.59 Å². The van der Waals surface area contributed by atoms with E-state index in [1.54, 1.807) is 18.3 Å². The Morgan fingerprint density at radius 2 is 1.88 bits per heavy atom. The Hall–Kier alpha value is -2.11. The molecule has 1 aromatic rings. The number of anilines is 1. The summed E-state index contributed by atoms with van der Waals surface area (Å²) in [4.78, 5) is 33.1. The molecule has 25 heavy (non-hydrogen) atoms. The molecule has 0 radical (unpaired) electrons. The van der Waals surface area contributed by atoms with E-state index in [-0.39, 0.29) is 12.5 Å². The first-order chi connectivity index (χ1) is 12.0. The van der Waals surface area contributed by atoms with E-state index in [1.165, 1.54) is 0 Å². The monoisotopic (exact) mass is 345 g/mol. The summed E-state index contributed by atoms with van der Waals surface area (Å²) in [6.07, 6.45) is 5.04.